The van der Waals surface area contributed by atoms with Crippen molar-refractivity contribution < 1.29 is 0 Å². The number of para-hydroxylation sites is 6. The lowest BCUT2D eigenvalue weighted by molar-refractivity contribution is 1.23. The average Bonchev–Trinajstić information content (AvgIpc) is 2.88. The lowest BCUT2D eigenvalue weighted by Crippen LogP contribution is -2.16. The van der Waals surface area contributed by atoms with Crippen LogP contribution in [-0.2, 0) is 0 Å². The highest BCUT2D eigenvalue weighted by Crippen LogP contribution is 2.45. The summed E-state index contributed by atoms with van der Waals surface area (Å²) in [5.41, 5.74) is 6.69. The Morgan fingerprint density at radius 2 is 0.469 bits per heavy atom. The van der Waals surface area contributed by atoms with Crippen LogP contribution >= 0.6 is 0 Å². The second-order valence-corrected chi connectivity index (χ2v) is 7.50. The molecule has 5 aromatic carbocycles. The van der Waals surface area contributed by atoms with Crippen LogP contribution in [0.25, 0.3) is 0 Å². The maximum atomic E-state index is 2.31. The number of rotatable bonds is 6. The summed E-state index contributed by atoms with van der Waals surface area (Å²) in [6.07, 6.45) is 0. The molecule has 0 saturated carbocycles. The van der Waals surface area contributed by atoms with Gasteiger partial charge in [0.25, 0.3) is 0 Å². The SMILES string of the molecule is c1ccc(N(c2ccccc2)c2ccccc2N(c2ccccc2)c2ccccc2)cc1. The molecule has 0 aliphatic heterocycles. The normalized spacial score (nSPS) is 10.5. The summed E-state index contributed by atoms with van der Waals surface area (Å²) in [6, 6.07) is 50.7. The Morgan fingerprint density at radius 3 is 0.719 bits per heavy atom. The Bertz CT molecular complexity index is 1070. The number of nitrogens with zero attached hydrogens (tertiary/aromatic N) is 2. The summed E-state index contributed by atoms with van der Waals surface area (Å²) in [7, 11) is 0. The van der Waals surface area contributed by atoms with Gasteiger partial charge in [0.1, 0.15) is 0 Å². The van der Waals surface area contributed by atoms with Crippen LogP contribution in [0.4, 0.5) is 34.1 Å². The second kappa shape index (κ2) is 9.23. The highest BCUT2D eigenvalue weighted by Gasteiger charge is 2.21. The van der Waals surface area contributed by atoms with Crippen LogP contribution < -0.4 is 9.80 Å². The third-order valence-corrected chi connectivity index (χ3v) is 5.42. The predicted molar refractivity (Wildman–Crippen MR) is 136 cm³/mol. The van der Waals surface area contributed by atoms with Gasteiger partial charge in [0, 0.05) is 22.7 Å². The van der Waals surface area contributed by atoms with Gasteiger partial charge in [-0.3, -0.25) is 0 Å². The van der Waals surface area contributed by atoms with Gasteiger partial charge >= 0.3 is 0 Å². The Morgan fingerprint density at radius 1 is 0.250 bits per heavy atom. The van der Waals surface area contributed by atoms with Crippen molar-refractivity contribution >= 4 is 34.1 Å². The van der Waals surface area contributed by atoms with Gasteiger partial charge in [0.2, 0.25) is 0 Å². The smallest absolute Gasteiger partial charge is 0.0702 e. The molecule has 2 nitrogen and oxygen atoms in total. The zero-order valence-electron chi connectivity index (χ0n) is 17.8. The molecule has 5 aromatic rings. The minimum absolute atomic E-state index is 1.11. The standard InChI is InChI=1S/C30H24N2/c1-5-15-25(16-6-1)31(26-17-7-2-8-18-26)29-23-13-14-24-30(29)32(27-19-9-3-10-20-27)28-21-11-4-12-22-28/h1-24H. The van der Waals surface area contributed by atoms with Crippen LogP contribution in [0.15, 0.2) is 146 Å². The minimum Gasteiger partial charge on any atom is -0.308 e. The van der Waals surface area contributed by atoms with Gasteiger partial charge in [-0.15, -0.1) is 0 Å². The van der Waals surface area contributed by atoms with E-state index in [-0.39, 0.29) is 0 Å². The van der Waals surface area contributed by atoms with E-state index in [1.54, 1.807) is 0 Å². The molecule has 0 spiro atoms. The van der Waals surface area contributed by atoms with Gasteiger partial charge in [0.15, 0.2) is 0 Å². The molecular weight excluding hydrogens is 388 g/mol. The number of hydrogen-bond acceptors (Lipinski definition) is 2. The van der Waals surface area contributed by atoms with Crippen LogP contribution in [0.5, 0.6) is 0 Å². The molecule has 2 heteroatoms. The van der Waals surface area contributed by atoms with Gasteiger partial charge in [-0.2, -0.15) is 0 Å². The highest BCUT2D eigenvalue weighted by atomic mass is 15.2. The number of hydrogen-bond donors (Lipinski definition) is 0. The maximum Gasteiger partial charge on any atom is 0.0702 e. The second-order valence-electron chi connectivity index (χ2n) is 7.50. The van der Waals surface area contributed by atoms with Gasteiger partial charge in [0.05, 0.1) is 11.4 Å². The molecular formula is C30H24N2. The van der Waals surface area contributed by atoms with E-state index in [1.807, 2.05) is 0 Å². The Balaban J connectivity index is 1.74. The molecule has 0 N–H and O–H groups in total. The molecule has 0 amide bonds. The van der Waals surface area contributed by atoms with Gasteiger partial charge < -0.3 is 9.80 Å². The molecule has 0 aliphatic carbocycles. The van der Waals surface area contributed by atoms with E-state index < -0.39 is 0 Å². The van der Waals surface area contributed by atoms with Crippen LogP contribution in [0, 0.1) is 0 Å². The molecule has 0 fully saturated rings. The van der Waals surface area contributed by atoms with Gasteiger partial charge in [-0.25, -0.2) is 0 Å². The zero-order chi connectivity index (χ0) is 21.6. The highest BCUT2D eigenvalue weighted by molar-refractivity contribution is 5.91. The first-order valence-electron chi connectivity index (χ1n) is 10.8. The van der Waals surface area contributed by atoms with Crippen LogP contribution in [0.2, 0.25) is 0 Å². The summed E-state index contributed by atoms with van der Waals surface area (Å²) >= 11 is 0. The number of anilines is 6. The number of benzene rings is 5. The lowest BCUT2D eigenvalue weighted by Gasteiger charge is -2.33. The molecule has 0 unspecified atom stereocenters. The van der Waals surface area contributed by atoms with Crippen molar-refractivity contribution in [3.05, 3.63) is 146 Å². The summed E-state index contributed by atoms with van der Waals surface area (Å²) in [4.78, 5) is 4.63. The molecule has 154 valence electrons. The van der Waals surface area contributed by atoms with E-state index in [1.165, 1.54) is 0 Å². The van der Waals surface area contributed by atoms with E-state index in [2.05, 4.69) is 155 Å². The van der Waals surface area contributed by atoms with E-state index in [4.69, 9.17) is 0 Å². The molecule has 0 atom stereocenters. The molecule has 5 rings (SSSR count). The van der Waals surface area contributed by atoms with Crippen LogP contribution in [0.3, 0.4) is 0 Å². The molecule has 0 aromatic heterocycles. The Kier molecular flexibility index (Phi) is 5.67. The summed E-state index contributed by atoms with van der Waals surface area (Å²) < 4.78 is 0. The maximum absolute atomic E-state index is 2.31. The van der Waals surface area contributed by atoms with Crippen LogP contribution in [-0.4, -0.2) is 0 Å². The van der Waals surface area contributed by atoms with E-state index in [0.29, 0.717) is 0 Å². The first-order chi connectivity index (χ1) is 15.9. The van der Waals surface area contributed by atoms with E-state index >= 15 is 0 Å². The quantitative estimate of drug-likeness (QED) is 0.275. The molecule has 0 bridgehead atoms. The van der Waals surface area contributed by atoms with Crippen molar-refractivity contribution in [2.45, 2.75) is 0 Å². The molecule has 0 aliphatic rings. The fraction of sp³-hybridized carbons (Fsp3) is 0. The predicted octanol–water partition coefficient (Wildman–Crippen LogP) is 8.63. The van der Waals surface area contributed by atoms with Crippen molar-refractivity contribution in [1.82, 2.24) is 0 Å². The zero-order valence-corrected chi connectivity index (χ0v) is 17.8. The average molecular weight is 413 g/mol. The van der Waals surface area contributed by atoms with Crippen molar-refractivity contribution in [2.24, 2.45) is 0 Å². The van der Waals surface area contributed by atoms with Crippen molar-refractivity contribution in [2.75, 3.05) is 9.80 Å². The molecule has 0 saturated heterocycles. The van der Waals surface area contributed by atoms with Gasteiger partial charge in [-0.05, 0) is 60.7 Å². The summed E-state index contributed by atoms with van der Waals surface area (Å²) in [5.74, 6) is 0. The summed E-state index contributed by atoms with van der Waals surface area (Å²) in [5, 5.41) is 0. The third kappa shape index (κ3) is 3.99. The Hall–Kier alpha value is -4.30. The van der Waals surface area contributed by atoms with E-state index in [0.717, 1.165) is 34.1 Å². The fourth-order valence-electron chi connectivity index (χ4n) is 4.01. The van der Waals surface area contributed by atoms with E-state index in [9.17, 15) is 0 Å². The minimum atomic E-state index is 1.11. The Labute approximate surface area is 189 Å². The first-order valence-corrected chi connectivity index (χ1v) is 10.8. The fourth-order valence-corrected chi connectivity index (χ4v) is 4.01. The topological polar surface area (TPSA) is 6.48 Å². The van der Waals surface area contributed by atoms with Crippen LogP contribution in [0.1, 0.15) is 0 Å². The summed E-state index contributed by atoms with van der Waals surface area (Å²) in [6.45, 7) is 0. The largest absolute Gasteiger partial charge is 0.308 e. The third-order valence-electron chi connectivity index (χ3n) is 5.42. The lowest BCUT2D eigenvalue weighted by atomic mass is 10.1. The monoisotopic (exact) mass is 412 g/mol. The first kappa shape index (κ1) is 19.7. The molecule has 0 heterocycles. The van der Waals surface area contributed by atoms with Gasteiger partial charge in [-0.1, -0.05) is 84.9 Å². The van der Waals surface area contributed by atoms with Crippen molar-refractivity contribution in [3.8, 4) is 0 Å². The molecule has 32 heavy (non-hydrogen) atoms. The van der Waals surface area contributed by atoms with Crippen molar-refractivity contribution in [1.29, 1.82) is 0 Å². The molecule has 0 radical (unpaired) electrons. The van der Waals surface area contributed by atoms with Crippen molar-refractivity contribution in [3.63, 3.8) is 0 Å².